The van der Waals surface area contributed by atoms with Crippen molar-refractivity contribution >= 4 is 47.2 Å². The van der Waals surface area contributed by atoms with Gasteiger partial charge in [-0.05, 0) is 67.1 Å². The minimum absolute atomic E-state index is 0.0881. The summed E-state index contributed by atoms with van der Waals surface area (Å²) < 4.78 is 27.1. The molecule has 1 saturated heterocycles. The number of carbonyl (C=O) groups excluding carboxylic acids is 4. The van der Waals surface area contributed by atoms with Crippen LogP contribution < -0.4 is 33.9 Å². The molecule has 3 aromatic carbocycles. The Kier molecular flexibility index (Phi) is 8.78. The van der Waals surface area contributed by atoms with Crippen LogP contribution in [-0.4, -0.2) is 51.8 Å². The van der Waals surface area contributed by atoms with Gasteiger partial charge in [-0.2, -0.15) is 0 Å². The summed E-state index contributed by atoms with van der Waals surface area (Å²) in [5, 5.41) is 2.58. The van der Waals surface area contributed by atoms with Crippen LogP contribution in [0, 0.1) is 0 Å². The van der Waals surface area contributed by atoms with Gasteiger partial charge >= 0.3 is 12.0 Å². The number of carbonyl (C=O) groups is 4. The number of nitrogens with one attached hydrogen (secondary N) is 1. The number of urea groups is 1. The third-order valence-corrected chi connectivity index (χ3v) is 6.12. The van der Waals surface area contributed by atoms with Crippen molar-refractivity contribution in [1.29, 1.82) is 0 Å². The highest BCUT2D eigenvalue weighted by Crippen LogP contribution is 2.39. The zero-order valence-corrected chi connectivity index (χ0v) is 23.2. The molecule has 4 rings (SSSR count). The van der Waals surface area contributed by atoms with E-state index in [2.05, 4.69) is 5.32 Å². The zero-order chi connectivity index (χ0) is 29.7. The first-order valence-electron chi connectivity index (χ1n) is 12.2. The number of benzene rings is 3. The highest BCUT2D eigenvalue weighted by Gasteiger charge is 2.36. The van der Waals surface area contributed by atoms with Gasteiger partial charge in [-0.3, -0.25) is 14.9 Å². The van der Waals surface area contributed by atoms with E-state index in [-0.39, 0.29) is 46.4 Å². The second-order valence-corrected chi connectivity index (χ2v) is 8.81. The topological polar surface area (TPSA) is 130 Å². The van der Waals surface area contributed by atoms with E-state index in [0.29, 0.717) is 16.3 Å². The van der Waals surface area contributed by atoms with Crippen LogP contribution in [0.25, 0.3) is 6.08 Å². The van der Waals surface area contributed by atoms with Crippen molar-refractivity contribution in [2.24, 2.45) is 0 Å². The maximum absolute atomic E-state index is 13.2. The molecule has 1 aliphatic rings. The molecule has 0 spiro atoms. The molecule has 1 N–H and O–H groups in total. The number of rotatable bonds is 9. The van der Waals surface area contributed by atoms with Gasteiger partial charge in [-0.15, -0.1) is 0 Å². The SMILES string of the molecule is CCOc1cc(/C=C2\C(=O)NC(=O)N(c3ccc(Cl)cc3)C2=O)ccc1OC(=O)c1cc(OC)c(OC)c(OC)c1. The maximum Gasteiger partial charge on any atom is 0.343 e. The van der Waals surface area contributed by atoms with Crippen LogP contribution in [0.15, 0.2) is 60.2 Å². The Labute approximate surface area is 240 Å². The number of amides is 4. The van der Waals surface area contributed by atoms with E-state index >= 15 is 0 Å². The fraction of sp³-hybridized carbons (Fsp3) is 0.172. The van der Waals surface area contributed by atoms with Crippen LogP contribution in [0.3, 0.4) is 0 Å². The van der Waals surface area contributed by atoms with Crippen LogP contribution in [0.4, 0.5) is 10.5 Å². The van der Waals surface area contributed by atoms with Gasteiger partial charge in [-0.25, -0.2) is 14.5 Å². The van der Waals surface area contributed by atoms with Gasteiger partial charge in [0.1, 0.15) is 5.57 Å². The first kappa shape index (κ1) is 29.0. The Hall–Kier alpha value is -5.03. The molecule has 12 heteroatoms. The van der Waals surface area contributed by atoms with Gasteiger partial charge < -0.3 is 23.7 Å². The van der Waals surface area contributed by atoms with E-state index in [1.807, 2.05) is 0 Å². The highest BCUT2D eigenvalue weighted by atomic mass is 35.5. The van der Waals surface area contributed by atoms with Crippen LogP contribution in [0.1, 0.15) is 22.8 Å². The fourth-order valence-corrected chi connectivity index (χ4v) is 4.10. The molecule has 11 nitrogen and oxygen atoms in total. The van der Waals surface area contributed by atoms with E-state index in [0.717, 1.165) is 4.90 Å². The highest BCUT2D eigenvalue weighted by molar-refractivity contribution is 6.39. The normalized spacial score (nSPS) is 14.0. The molecule has 0 unspecified atom stereocenters. The molecule has 1 heterocycles. The number of anilines is 1. The third kappa shape index (κ3) is 6.10. The molecule has 212 valence electrons. The third-order valence-electron chi connectivity index (χ3n) is 5.87. The van der Waals surface area contributed by atoms with Gasteiger partial charge in [0.25, 0.3) is 11.8 Å². The van der Waals surface area contributed by atoms with Gasteiger partial charge in [0.15, 0.2) is 23.0 Å². The summed E-state index contributed by atoms with van der Waals surface area (Å²) in [6.07, 6.45) is 1.31. The molecule has 0 saturated carbocycles. The minimum atomic E-state index is -0.886. The number of imide groups is 2. The summed E-state index contributed by atoms with van der Waals surface area (Å²) in [5.41, 5.74) is 0.457. The number of ether oxygens (including phenoxy) is 5. The van der Waals surface area contributed by atoms with Gasteiger partial charge in [0, 0.05) is 5.02 Å². The lowest BCUT2D eigenvalue weighted by Crippen LogP contribution is -2.54. The molecule has 3 aromatic rings. The summed E-state index contributed by atoms with van der Waals surface area (Å²) in [4.78, 5) is 52.1. The number of esters is 1. The fourth-order valence-electron chi connectivity index (χ4n) is 3.97. The molecule has 41 heavy (non-hydrogen) atoms. The molecule has 0 aromatic heterocycles. The molecular weight excluding hydrogens is 556 g/mol. The summed E-state index contributed by atoms with van der Waals surface area (Å²) in [6.45, 7) is 1.97. The van der Waals surface area contributed by atoms with E-state index in [9.17, 15) is 19.2 Å². The van der Waals surface area contributed by atoms with Crippen molar-refractivity contribution in [3.63, 3.8) is 0 Å². The van der Waals surface area contributed by atoms with E-state index in [4.69, 9.17) is 35.3 Å². The summed E-state index contributed by atoms with van der Waals surface area (Å²) in [5.74, 6) is -1.29. The molecule has 0 aliphatic carbocycles. The van der Waals surface area contributed by atoms with Crippen LogP contribution >= 0.6 is 11.6 Å². The lowest BCUT2D eigenvalue weighted by Gasteiger charge is -2.26. The summed E-state index contributed by atoms with van der Waals surface area (Å²) in [6, 6.07) is 12.5. The van der Waals surface area contributed by atoms with Crippen molar-refractivity contribution in [2.45, 2.75) is 6.92 Å². The lowest BCUT2D eigenvalue weighted by atomic mass is 10.1. The average Bonchev–Trinajstić information content (AvgIpc) is 2.96. The molecule has 0 bridgehead atoms. The molecule has 0 radical (unpaired) electrons. The Morgan fingerprint density at radius 2 is 1.54 bits per heavy atom. The number of hydrogen-bond donors (Lipinski definition) is 1. The van der Waals surface area contributed by atoms with Crippen molar-refractivity contribution in [3.05, 3.63) is 76.3 Å². The van der Waals surface area contributed by atoms with Gasteiger partial charge in [0.2, 0.25) is 5.75 Å². The Morgan fingerprint density at radius 3 is 2.12 bits per heavy atom. The standard InChI is InChI=1S/C29H25ClN2O9/c1-5-40-22-13-16(12-20-26(33)31-29(36)32(27(20)34)19-9-7-18(30)8-10-19)6-11-21(22)41-28(35)17-14-23(37-2)25(39-4)24(15-17)38-3/h6-15H,5H2,1-4H3,(H,31,33,36)/b20-12+. The van der Waals surface area contributed by atoms with Crippen LogP contribution in [0.5, 0.6) is 28.7 Å². The van der Waals surface area contributed by atoms with E-state index < -0.39 is 23.8 Å². The Balaban J connectivity index is 1.64. The minimum Gasteiger partial charge on any atom is -0.493 e. The van der Waals surface area contributed by atoms with E-state index in [1.54, 1.807) is 6.92 Å². The first-order chi connectivity index (χ1) is 19.7. The number of nitrogens with zero attached hydrogens (tertiary/aromatic N) is 1. The van der Waals surface area contributed by atoms with Crippen molar-refractivity contribution in [3.8, 4) is 28.7 Å². The zero-order valence-electron chi connectivity index (χ0n) is 22.5. The largest absolute Gasteiger partial charge is 0.493 e. The van der Waals surface area contributed by atoms with Crippen LogP contribution in [-0.2, 0) is 9.59 Å². The number of hydrogen-bond acceptors (Lipinski definition) is 9. The average molecular weight is 581 g/mol. The predicted octanol–water partition coefficient (Wildman–Crippen LogP) is 4.65. The van der Waals surface area contributed by atoms with Gasteiger partial charge in [0.05, 0.1) is 39.2 Å². The van der Waals surface area contributed by atoms with Crippen LogP contribution in [0.2, 0.25) is 5.02 Å². The van der Waals surface area contributed by atoms with Crippen molar-refractivity contribution in [2.75, 3.05) is 32.8 Å². The second-order valence-electron chi connectivity index (χ2n) is 8.38. The number of barbiturate groups is 1. The van der Waals surface area contributed by atoms with Crippen molar-refractivity contribution < 1.29 is 42.9 Å². The monoisotopic (exact) mass is 580 g/mol. The molecule has 1 aliphatic heterocycles. The summed E-state index contributed by atoms with van der Waals surface area (Å²) >= 11 is 5.91. The maximum atomic E-state index is 13.2. The first-order valence-corrected chi connectivity index (χ1v) is 12.5. The quantitative estimate of drug-likeness (QED) is 0.166. The molecule has 1 fully saturated rings. The number of methoxy groups -OCH3 is 3. The van der Waals surface area contributed by atoms with E-state index in [1.165, 1.54) is 82.0 Å². The molecular formula is C29H25ClN2O9. The van der Waals surface area contributed by atoms with Crippen molar-refractivity contribution in [1.82, 2.24) is 5.32 Å². The molecule has 4 amide bonds. The molecule has 0 atom stereocenters. The second kappa shape index (κ2) is 12.4. The van der Waals surface area contributed by atoms with Gasteiger partial charge in [-0.1, -0.05) is 17.7 Å². The predicted molar refractivity (Wildman–Crippen MR) is 149 cm³/mol. The smallest absolute Gasteiger partial charge is 0.343 e. The lowest BCUT2D eigenvalue weighted by molar-refractivity contribution is -0.122. The Bertz CT molecular complexity index is 1530. The summed E-state index contributed by atoms with van der Waals surface area (Å²) in [7, 11) is 4.30. The number of halogens is 1. The Morgan fingerprint density at radius 1 is 0.878 bits per heavy atom.